The Morgan fingerprint density at radius 2 is 1.93 bits per heavy atom. The van der Waals surface area contributed by atoms with Crippen LogP contribution in [0.2, 0.25) is 0 Å². The fraction of sp³-hybridized carbons (Fsp3) is 0.154. The molecule has 0 amide bonds. The van der Waals surface area contributed by atoms with Crippen molar-refractivity contribution in [3.63, 3.8) is 0 Å². The van der Waals surface area contributed by atoms with E-state index in [2.05, 4.69) is 53.7 Å². The summed E-state index contributed by atoms with van der Waals surface area (Å²) >= 11 is 0. The molecular weight excluding hydrogens is 170 g/mol. The molecule has 1 heteroatoms. The van der Waals surface area contributed by atoms with Crippen molar-refractivity contribution in [2.24, 2.45) is 0 Å². The minimum Gasteiger partial charge on any atom is -0.198 e. The van der Waals surface area contributed by atoms with E-state index in [9.17, 15) is 0 Å². The highest BCUT2D eigenvalue weighted by molar-refractivity contribution is 5.74. The first-order valence-electron chi connectivity index (χ1n) is 4.90. The second-order valence-corrected chi connectivity index (χ2v) is 3.34. The molecule has 0 spiro atoms. The second kappa shape index (κ2) is 4.05. The van der Waals surface area contributed by atoms with Crippen LogP contribution in [0.5, 0.6) is 0 Å². The van der Waals surface area contributed by atoms with Crippen molar-refractivity contribution in [2.75, 3.05) is 0 Å². The molecule has 2 rings (SSSR count). The van der Waals surface area contributed by atoms with Crippen molar-refractivity contribution in [3.8, 4) is 0 Å². The van der Waals surface area contributed by atoms with E-state index in [0.29, 0.717) is 0 Å². The van der Waals surface area contributed by atoms with Crippen LogP contribution in [0.1, 0.15) is 6.42 Å². The molecule has 0 unspecified atom stereocenters. The van der Waals surface area contributed by atoms with Gasteiger partial charge in [0.2, 0.25) is 5.52 Å². The van der Waals surface area contributed by atoms with Crippen LogP contribution >= 0.6 is 0 Å². The zero-order chi connectivity index (χ0) is 9.80. The zero-order valence-electron chi connectivity index (χ0n) is 8.19. The van der Waals surface area contributed by atoms with E-state index in [0.717, 1.165) is 13.0 Å². The van der Waals surface area contributed by atoms with Crippen molar-refractivity contribution in [1.82, 2.24) is 0 Å². The normalized spacial score (nSPS) is 10.3. The number of nitrogens with zero attached hydrogens (tertiary/aromatic N) is 1. The molecular formula is C13H14N+. The minimum atomic E-state index is 1.00. The lowest BCUT2D eigenvalue weighted by Crippen LogP contribution is -2.33. The van der Waals surface area contributed by atoms with E-state index in [4.69, 9.17) is 0 Å². The lowest BCUT2D eigenvalue weighted by atomic mass is 10.2. The van der Waals surface area contributed by atoms with Crippen LogP contribution in [0.3, 0.4) is 0 Å². The fourth-order valence-corrected chi connectivity index (χ4v) is 1.65. The van der Waals surface area contributed by atoms with Crippen LogP contribution in [-0.2, 0) is 6.54 Å². The summed E-state index contributed by atoms with van der Waals surface area (Å²) < 4.78 is 2.26. The number of rotatable bonds is 3. The van der Waals surface area contributed by atoms with Crippen molar-refractivity contribution in [2.45, 2.75) is 13.0 Å². The Morgan fingerprint density at radius 3 is 2.79 bits per heavy atom. The number of hydrogen-bond donors (Lipinski definition) is 0. The van der Waals surface area contributed by atoms with Gasteiger partial charge in [-0.2, -0.15) is 4.57 Å². The summed E-state index contributed by atoms with van der Waals surface area (Å²) in [5.74, 6) is 0. The molecule has 1 aromatic carbocycles. The number of para-hydroxylation sites is 1. The van der Waals surface area contributed by atoms with Gasteiger partial charge in [0.15, 0.2) is 12.7 Å². The average molecular weight is 184 g/mol. The fourth-order valence-electron chi connectivity index (χ4n) is 1.65. The molecule has 0 saturated carbocycles. The van der Waals surface area contributed by atoms with E-state index in [1.807, 2.05) is 6.08 Å². The monoisotopic (exact) mass is 184 g/mol. The highest BCUT2D eigenvalue weighted by Gasteiger charge is 2.04. The van der Waals surface area contributed by atoms with Crippen molar-refractivity contribution in [1.29, 1.82) is 0 Å². The standard InChI is InChI=1S/C13H14N/c1-2-3-10-14-11-6-8-12-7-4-5-9-13(12)14/h2,4-9,11H,1,3,10H2/q+1. The number of pyridine rings is 1. The van der Waals surface area contributed by atoms with Gasteiger partial charge in [-0.25, -0.2) is 0 Å². The number of allylic oxidation sites excluding steroid dienone is 1. The third-order valence-corrected chi connectivity index (χ3v) is 2.36. The maximum atomic E-state index is 3.74. The third-order valence-electron chi connectivity index (χ3n) is 2.36. The van der Waals surface area contributed by atoms with Gasteiger partial charge in [0, 0.05) is 23.9 Å². The van der Waals surface area contributed by atoms with Gasteiger partial charge in [-0.15, -0.1) is 6.58 Å². The summed E-state index contributed by atoms with van der Waals surface area (Å²) in [7, 11) is 0. The zero-order valence-corrected chi connectivity index (χ0v) is 8.19. The Balaban J connectivity index is 2.48. The minimum absolute atomic E-state index is 1.00. The first-order chi connectivity index (χ1) is 6.92. The summed E-state index contributed by atoms with van der Waals surface area (Å²) in [4.78, 5) is 0. The smallest absolute Gasteiger partial charge is 0.198 e. The van der Waals surface area contributed by atoms with Crippen LogP contribution in [0.4, 0.5) is 0 Å². The molecule has 70 valence electrons. The van der Waals surface area contributed by atoms with Gasteiger partial charge < -0.3 is 0 Å². The molecule has 0 fully saturated rings. The van der Waals surface area contributed by atoms with E-state index < -0.39 is 0 Å². The summed E-state index contributed by atoms with van der Waals surface area (Å²) in [5.41, 5.74) is 1.29. The highest BCUT2D eigenvalue weighted by atomic mass is 14.9. The van der Waals surface area contributed by atoms with Crippen LogP contribution < -0.4 is 4.57 Å². The van der Waals surface area contributed by atoms with Crippen molar-refractivity contribution >= 4 is 10.9 Å². The lowest BCUT2D eigenvalue weighted by molar-refractivity contribution is -0.670. The summed E-state index contributed by atoms with van der Waals surface area (Å²) in [6.45, 7) is 4.75. The van der Waals surface area contributed by atoms with Gasteiger partial charge in [0.25, 0.3) is 0 Å². The van der Waals surface area contributed by atoms with Gasteiger partial charge in [-0.05, 0) is 12.1 Å². The first kappa shape index (κ1) is 8.95. The maximum absolute atomic E-state index is 3.74. The predicted molar refractivity (Wildman–Crippen MR) is 59.0 cm³/mol. The van der Waals surface area contributed by atoms with Crippen LogP contribution in [-0.4, -0.2) is 0 Å². The molecule has 1 heterocycles. The predicted octanol–water partition coefficient (Wildman–Crippen LogP) is 2.70. The second-order valence-electron chi connectivity index (χ2n) is 3.34. The average Bonchev–Trinajstić information content (AvgIpc) is 2.26. The topological polar surface area (TPSA) is 3.88 Å². The van der Waals surface area contributed by atoms with Crippen LogP contribution in [0.25, 0.3) is 10.9 Å². The van der Waals surface area contributed by atoms with Gasteiger partial charge in [0.05, 0.1) is 0 Å². The summed E-state index contributed by atoms with van der Waals surface area (Å²) in [6.07, 6.45) is 5.08. The molecule has 0 N–H and O–H groups in total. The number of fused-ring (bicyclic) bond motifs is 1. The Labute approximate surface area is 84.3 Å². The lowest BCUT2D eigenvalue weighted by Gasteiger charge is -1.98. The van der Waals surface area contributed by atoms with E-state index in [-0.39, 0.29) is 0 Å². The largest absolute Gasteiger partial charge is 0.212 e. The molecule has 0 saturated heterocycles. The third kappa shape index (κ3) is 1.67. The number of benzene rings is 1. The molecule has 14 heavy (non-hydrogen) atoms. The molecule has 0 radical (unpaired) electrons. The highest BCUT2D eigenvalue weighted by Crippen LogP contribution is 2.07. The van der Waals surface area contributed by atoms with Gasteiger partial charge in [-0.3, -0.25) is 0 Å². The number of hydrogen-bond acceptors (Lipinski definition) is 0. The van der Waals surface area contributed by atoms with Crippen LogP contribution in [0, 0.1) is 0 Å². The van der Waals surface area contributed by atoms with Crippen molar-refractivity contribution < 1.29 is 4.57 Å². The Kier molecular flexibility index (Phi) is 2.59. The van der Waals surface area contributed by atoms with Gasteiger partial charge in [0.1, 0.15) is 0 Å². The summed E-state index contributed by atoms with van der Waals surface area (Å²) in [6, 6.07) is 12.7. The number of aryl methyl sites for hydroxylation is 1. The van der Waals surface area contributed by atoms with Crippen molar-refractivity contribution in [3.05, 3.63) is 55.3 Å². The van der Waals surface area contributed by atoms with Gasteiger partial charge >= 0.3 is 0 Å². The van der Waals surface area contributed by atoms with E-state index >= 15 is 0 Å². The Hall–Kier alpha value is -1.63. The van der Waals surface area contributed by atoms with E-state index in [1.54, 1.807) is 0 Å². The molecule has 0 aliphatic carbocycles. The molecule has 0 bridgehead atoms. The molecule has 1 aromatic heterocycles. The van der Waals surface area contributed by atoms with Gasteiger partial charge in [-0.1, -0.05) is 18.2 Å². The molecule has 0 aliphatic rings. The first-order valence-corrected chi connectivity index (χ1v) is 4.90. The number of aromatic nitrogens is 1. The molecule has 0 aliphatic heterocycles. The SMILES string of the molecule is C=CCC[n+]1cccc2ccccc21. The van der Waals surface area contributed by atoms with Crippen LogP contribution in [0.15, 0.2) is 55.3 Å². The van der Waals surface area contributed by atoms with E-state index in [1.165, 1.54) is 10.9 Å². The summed E-state index contributed by atoms with van der Waals surface area (Å²) in [5, 5.41) is 1.29. The Morgan fingerprint density at radius 1 is 1.14 bits per heavy atom. The molecule has 0 atom stereocenters. The maximum Gasteiger partial charge on any atom is 0.212 e. The Bertz CT molecular complexity index is 440. The quantitative estimate of drug-likeness (QED) is 0.510. The molecule has 1 nitrogen and oxygen atoms in total. The molecule has 2 aromatic rings.